The number of hydrogen-bond acceptors (Lipinski definition) is 8. The van der Waals surface area contributed by atoms with Crippen molar-refractivity contribution in [1.82, 2.24) is 34.5 Å². The number of nitrogens with one attached hydrogen (secondary N) is 3. The van der Waals surface area contributed by atoms with Gasteiger partial charge in [0.15, 0.2) is 5.65 Å². The molecule has 0 bridgehead atoms. The lowest BCUT2D eigenvalue weighted by molar-refractivity contribution is 0.454. The van der Waals surface area contributed by atoms with Gasteiger partial charge in [-0.15, -0.1) is 0 Å². The van der Waals surface area contributed by atoms with Crippen LogP contribution in [0.4, 0.5) is 5.95 Å². The summed E-state index contributed by atoms with van der Waals surface area (Å²) in [5.41, 5.74) is 1.81. The molecule has 4 aromatic heterocycles. The molecule has 11 heteroatoms. The van der Waals surface area contributed by atoms with Crippen LogP contribution < -0.4 is 21.8 Å². The van der Waals surface area contributed by atoms with Crippen molar-refractivity contribution in [1.29, 1.82) is 0 Å². The Bertz CT molecular complexity index is 1400. The van der Waals surface area contributed by atoms with Crippen LogP contribution in [0.1, 0.15) is 43.5 Å². The molecular formula is C20H21N9O2. The number of rotatable bonds is 6. The fraction of sp³-hybridized carbons (Fsp3) is 0.300. The molecule has 4 N–H and O–H groups in total. The SMILES string of the molecule is CCC(Nc1nc(=NC2CC2)n2ncc(=Cc3[nH]c(=O)[nH]c3O)c2n1)c1ccncc1. The fourth-order valence-electron chi connectivity index (χ4n) is 3.32. The third kappa shape index (κ3) is 3.89. The highest BCUT2D eigenvalue weighted by molar-refractivity contribution is 5.57. The van der Waals surface area contributed by atoms with Crippen molar-refractivity contribution in [3.8, 4) is 5.88 Å². The van der Waals surface area contributed by atoms with Crippen molar-refractivity contribution in [2.45, 2.75) is 38.3 Å². The molecule has 31 heavy (non-hydrogen) atoms. The minimum Gasteiger partial charge on any atom is -0.493 e. The Kier molecular flexibility index (Phi) is 4.69. The summed E-state index contributed by atoms with van der Waals surface area (Å²) in [5, 5.41) is 18.3. The lowest BCUT2D eigenvalue weighted by Crippen LogP contribution is -2.25. The molecule has 0 aliphatic heterocycles. The van der Waals surface area contributed by atoms with Crippen LogP contribution in [0.25, 0.3) is 11.7 Å². The predicted molar refractivity (Wildman–Crippen MR) is 112 cm³/mol. The number of nitrogens with zero attached hydrogens (tertiary/aromatic N) is 6. The van der Waals surface area contributed by atoms with E-state index in [0.717, 1.165) is 24.8 Å². The molecule has 5 rings (SSSR count). The highest BCUT2D eigenvalue weighted by Crippen LogP contribution is 2.23. The van der Waals surface area contributed by atoms with E-state index in [1.54, 1.807) is 29.2 Å². The van der Waals surface area contributed by atoms with Crippen molar-refractivity contribution in [2.24, 2.45) is 4.99 Å². The van der Waals surface area contributed by atoms with Gasteiger partial charge in [0.25, 0.3) is 5.62 Å². The number of H-pyrrole nitrogens is 2. The molecule has 1 fully saturated rings. The zero-order chi connectivity index (χ0) is 21.4. The topological polar surface area (TPSA) is 149 Å². The summed E-state index contributed by atoms with van der Waals surface area (Å²) < 4.78 is 1.57. The largest absolute Gasteiger partial charge is 0.493 e. The van der Waals surface area contributed by atoms with Crippen molar-refractivity contribution < 1.29 is 5.11 Å². The minimum atomic E-state index is -0.496. The highest BCUT2D eigenvalue weighted by atomic mass is 16.3. The van der Waals surface area contributed by atoms with Crippen molar-refractivity contribution >= 4 is 17.7 Å². The van der Waals surface area contributed by atoms with E-state index < -0.39 is 5.69 Å². The van der Waals surface area contributed by atoms with Crippen LogP contribution >= 0.6 is 0 Å². The molecule has 0 saturated heterocycles. The average Bonchev–Trinajstić information content (AvgIpc) is 3.41. The predicted octanol–water partition coefficient (Wildman–Crippen LogP) is 0.415. The maximum absolute atomic E-state index is 11.5. The van der Waals surface area contributed by atoms with Crippen LogP contribution in [0.5, 0.6) is 5.88 Å². The summed E-state index contributed by atoms with van der Waals surface area (Å²) in [6.45, 7) is 2.08. The van der Waals surface area contributed by atoms with Crippen molar-refractivity contribution in [3.05, 3.63) is 63.3 Å². The minimum absolute atomic E-state index is 0.000325. The lowest BCUT2D eigenvalue weighted by Gasteiger charge is -2.17. The Labute approximate surface area is 175 Å². The maximum atomic E-state index is 11.5. The molecule has 0 spiro atoms. The smallest absolute Gasteiger partial charge is 0.326 e. The number of aromatic hydroxyl groups is 1. The Morgan fingerprint density at radius 1 is 1.32 bits per heavy atom. The van der Waals surface area contributed by atoms with Gasteiger partial charge >= 0.3 is 5.69 Å². The summed E-state index contributed by atoms with van der Waals surface area (Å²) in [6, 6.07) is 4.16. The molecule has 0 radical (unpaired) electrons. The molecule has 11 nitrogen and oxygen atoms in total. The van der Waals surface area contributed by atoms with Gasteiger partial charge in [0.05, 0.1) is 18.3 Å². The number of aromatic amines is 2. The molecule has 4 aromatic rings. The molecule has 1 aliphatic rings. The summed E-state index contributed by atoms with van der Waals surface area (Å²) in [7, 11) is 0. The van der Waals surface area contributed by atoms with Gasteiger partial charge < -0.3 is 15.4 Å². The van der Waals surface area contributed by atoms with E-state index >= 15 is 0 Å². The van der Waals surface area contributed by atoms with Crippen LogP contribution in [-0.2, 0) is 0 Å². The van der Waals surface area contributed by atoms with E-state index in [9.17, 15) is 9.90 Å². The van der Waals surface area contributed by atoms with E-state index in [1.165, 1.54) is 0 Å². The number of pyridine rings is 1. The number of aromatic nitrogens is 7. The third-order valence-electron chi connectivity index (χ3n) is 5.08. The van der Waals surface area contributed by atoms with E-state index in [-0.39, 0.29) is 23.7 Å². The molecular weight excluding hydrogens is 398 g/mol. The van der Waals surface area contributed by atoms with Gasteiger partial charge in [0, 0.05) is 17.6 Å². The van der Waals surface area contributed by atoms with Gasteiger partial charge in [0.1, 0.15) is 5.69 Å². The molecule has 1 saturated carbocycles. The first-order valence-electron chi connectivity index (χ1n) is 10.1. The second-order valence-corrected chi connectivity index (χ2v) is 7.41. The van der Waals surface area contributed by atoms with Gasteiger partial charge in [-0.1, -0.05) is 6.92 Å². The Hall–Kier alpha value is -4.02. The number of hydrogen-bond donors (Lipinski definition) is 4. The first-order chi connectivity index (χ1) is 15.1. The summed E-state index contributed by atoms with van der Waals surface area (Å²) >= 11 is 0. The van der Waals surface area contributed by atoms with Gasteiger partial charge in [0.2, 0.25) is 11.8 Å². The first kappa shape index (κ1) is 19.0. The Balaban J connectivity index is 1.64. The van der Waals surface area contributed by atoms with Gasteiger partial charge in [-0.2, -0.15) is 19.6 Å². The third-order valence-corrected chi connectivity index (χ3v) is 5.08. The second-order valence-electron chi connectivity index (χ2n) is 7.41. The molecule has 0 amide bonds. The van der Waals surface area contributed by atoms with Crippen LogP contribution in [0.3, 0.4) is 0 Å². The van der Waals surface area contributed by atoms with E-state index in [4.69, 9.17) is 0 Å². The van der Waals surface area contributed by atoms with E-state index in [0.29, 0.717) is 22.4 Å². The van der Waals surface area contributed by atoms with Crippen LogP contribution in [0, 0.1) is 0 Å². The average molecular weight is 419 g/mol. The normalized spacial score (nSPS) is 16.2. The van der Waals surface area contributed by atoms with Crippen molar-refractivity contribution in [2.75, 3.05) is 5.32 Å². The van der Waals surface area contributed by atoms with Gasteiger partial charge in [-0.25, -0.2) is 9.79 Å². The second kappa shape index (κ2) is 7.67. The van der Waals surface area contributed by atoms with Gasteiger partial charge in [-0.05, 0) is 43.0 Å². The van der Waals surface area contributed by atoms with Gasteiger partial charge in [-0.3, -0.25) is 9.97 Å². The number of fused-ring (bicyclic) bond motifs is 1. The molecule has 158 valence electrons. The standard InChI is InChI=1S/C20H21N9O2/c1-2-14(11-5-7-21-8-6-11)24-18-26-16-12(9-15-17(30)27-20(31)25-15)10-22-29(16)19(28-18)23-13-3-4-13/h5-10,13-14,30H,2-4H2,1H3,(H,23,24,28)(H2,25,27,31). The lowest BCUT2D eigenvalue weighted by atomic mass is 10.1. The maximum Gasteiger partial charge on any atom is 0.326 e. The summed E-state index contributed by atoms with van der Waals surface area (Å²) in [5.74, 6) is 0.181. The zero-order valence-corrected chi connectivity index (χ0v) is 16.8. The van der Waals surface area contributed by atoms with Crippen LogP contribution in [0.15, 0.2) is 40.5 Å². The van der Waals surface area contributed by atoms with E-state index in [1.807, 2.05) is 12.1 Å². The Morgan fingerprint density at radius 2 is 2.13 bits per heavy atom. The monoisotopic (exact) mass is 419 g/mol. The number of anilines is 1. The zero-order valence-electron chi connectivity index (χ0n) is 16.8. The Morgan fingerprint density at radius 3 is 2.81 bits per heavy atom. The van der Waals surface area contributed by atoms with Crippen molar-refractivity contribution in [3.63, 3.8) is 0 Å². The molecule has 1 atom stereocenters. The summed E-state index contributed by atoms with van der Waals surface area (Å²) in [4.78, 5) is 34.3. The molecule has 0 aromatic carbocycles. The fourth-order valence-corrected chi connectivity index (χ4v) is 3.32. The van der Waals surface area contributed by atoms with Crippen LogP contribution in [0.2, 0.25) is 0 Å². The highest BCUT2D eigenvalue weighted by Gasteiger charge is 2.21. The quantitative estimate of drug-likeness (QED) is 0.354. The van der Waals surface area contributed by atoms with E-state index in [2.05, 4.69) is 47.3 Å². The molecule has 1 aliphatic carbocycles. The number of imidazole rings is 1. The molecule has 1 unspecified atom stereocenters. The first-order valence-corrected chi connectivity index (χ1v) is 10.1. The summed E-state index contributed by atoms with van der Waals surface area (Å²) in [6.07, 6.45) is 9.60. The van der Waals surface area contributed by atoms with Crippen LogP contribution in [-0.4, -0.2) is 45.7 Å². The molecule has 4 heterocycles.